The molecule has 5 heteroatoms. The highest BCUT2D eigenvalue weighted by molar-refractivity contribution is 6.35. The molecule has 1 fully saturated rings. The fourth-order valence-corrected chi connectivity index (χ4v) is 2.72. The maximum atomic E-state index is 11.7. The first kappa shape index (κ1) is 17.0. The summed E-state index contributed by atoms with van der Waals surface area (Å²) in [6.45, 7) is 7.11. The summed E-state index contributed by atoms with van der Waals surface area (Å²) in [4.78, 5) is 23.2. The van der Waals surface area contributed by atoms with Crippen LogP contribution in [-0.2, 0) is 9.59 Å². The summed E-state index contributed by atoms with van der Waals surface area (Å²) in [5.74, 6) is -0.465. The van der Waals surface area contributed by atoms with Crippen LogP contribution in [0.2, 0.25) is 0 Å². The van der Waals surface area contributed by atoms with E-state index in [0.717, 1.165) is 25.7 Å². The van der Waals surface area contributed by atoms with E-state index in [9.17, 15) is 9.59 Å². The molecule has 0 heterocycles. The van der Waals surface area contributed by atoms with Gasteiger partial charge >= 0.3 is 11.8 Å². The van der Waals surface area contributed by atoms with Crippen molar-refractivity contribution in [2.45, 2.75) is 58.9 Å². The maximum absolute atomic E-state index is 11.7. The largest absolute Gasteiger partial charge is 0.396 e. The lowest BCUT2D eigenvalue weighted by molar-refractivity contribution is -0.139. The summed E-state index contributed by atoms with van der Waals surface area (Å²) < 4.78 is 0. The van der Waals surface area contributed by atoms with Crippen LogP contribution in [0.25, 0.3) is 0 Å². The molecule has 0 aliphatic heterocycles. The van der Waals surface area contributed by atoms with E-state index in [1.807, 2.05) is 0 Å². The molecule has 0 atom stereocenters. The highest BCUT2D eigenvalue weighted by Gasteiger charge is 2.30. The Kier molecular flexibility index (Phi) is 6.46. The highest BCUT2D eigenvalue weighted by Crippen LogP contribution is 2.37. The summed E-state index contributed by atoms with van der Waals surface area (Å²) in [5.41, 5.74) is 0.316. The minimum absolute atomic E-state index is 0.0126. The second-order valence-electron chi connectivity index (χ2n) is 6.72. The van der Waals surface area contributed by atoms with Crippen molar-refractivity contribution in [1.82, 2.24) is 10.6 Å². The van der Waals surface area contributed by atoms with Crippen LogP contribution < -0.4 is 10.6 Å². The zero-order valence-electron chi connectivity index (χ0n) is 12.9. The fraction of sp³-hybridized carbons (Fsp3) is 0.867. The maximum Gasteiger partial charge on any atom is 0.309 e. The van der Waals surface area contributed by atoms with Crippen LogP contribution in [0.1, 0.15) is 52.9 Å². The van der Waals surface area contributed by atoms with Crippen LogP contribution in [-0.4, -0.2) is 36.1 Å². The summed E-state index contributed by atoms with van der Waals surface area (Å²) in [7, 11) is 0. The number of hydrogen-bond donors (Lipinski definition) is 3. The van der Waals surface area contributed by atoms with Crippen molar-refractivity contribution in [3.8, 4) is 0 Å². The third kappa shape index (κ3) is 5.49. The predicted molar refractivity (Wildman–Crippen MR) is 78.1 cm³/mol. The lowest BCUT2D eigenvalue weighted by atomic mass is 9.71. The third-order valence-electron chi connectivity index (χ3n) is 4.11. The Morgan fingerprint density at radius 3 is 2.20 bits per heavy atom. The van der Waals surface area contributed by atoms with Gasteiger partial charge in [-0.15, -0.1) is 0 Å². The van der Waals surface area contributed by atoms with Crippen LogP contribution in [0.15, 0.2) is 0 Å². The number of carbonyl (C=O) groups excluding carboxylic acids is 2. The summed E-state index contributed by atoms with van der Waals surface area (Å²) in [6, 6.07) is 0.115. The molecule has 1 aliphatic rings. The molecule has 0 aromatic rings. The SMILES string of the molecule is CC(C)(C)C1CCC(NC(=O)C(=O)NCCCO)CC1. The predicted octanol–water partition coefficient (Wildman–Crippen LogP) is 1.21. The van der Waals surface area contributed by atoms with Gasteiger partial charge < -0.3 is 15.7 Å². The van der Waals surface area contributed by atoms with Crippen LogP contribution >= 0.6 is 0 Å². The van der Waals surface area contributed by atoms with Gasteiger partial charge in [-0.05, 0) is 43.4 Å². The van der Waals surface area contributed by atoms with E-state index >= 15 is 0 Å². The van der Waals surface area contributed by atoms with Gasteiger partial charge in [-0.1, -0.05) is 20.8 Å². The van der Waals surface area contributed by atoms with Gasteiger partial charge in [0.2, 0.25) is 0 Å². The number of amides is 2. The standard InChI is InChI=1S/C15H28N2O3/c1-15(2,3)11-5-7-12(8-6-11)17-14(20)13(19)16-9-4-10-18/h11-12,18H,4-10H2,1-3H3,(H,16,19)(H,17,20). The number of aliphatic hydroxyl groups is 1. The second-order valence-corrected chi connectivity index (χ2v) is 6.72. The normalized spacial score (nSPS) is 23.2. The van der Waals surface area contributed by atoms with Crippen LogP contribution in [0.3, 0.4) is 0 Å². The molecule has 0 bridgehead atoms. The zero-order valence-corrected chi connectivity index (χ0v) is 12.9. The van der Waals surface area contributed by atoms with Crippen molar-refractivity contribution in [2.24, 2.45) is 11.3 Å². The Morgan fingerprint density at radius 2 is 1.70 bits per heavy atom. The van der Waals surface area contributed by atoms with Gasteiger partial charge in [0.15, 0.2) is 0 Å². The number of rotatable bonds is 4. The number of hydrogen-bond acceptors (Lipinski definition) is 3. The van der Waals surface area contributed by atoms with Crippen LogP contribution in [0.5, 0.6) is 0 Å². The number of aliphatic hydroxyl groups excluding tert-OH is 1. The van der Waals surface area contributed by atoms with Crippen molar-refractivity contribution in [3.63, 3.8) is 0 Å². The molecule has 0 saturated heterocycles. The van der Waals surface area contributed by atoms with Gasteiger partial charge in [0.1, 0.15) is 0 Å². The number of nitrogens with one attached hydrogen (secondary N) is 2. The lowest BCUT2D eigenvalue weighted by Crippen LogP contribution is -2.46. The minimum atomic E-state index is -0.601. The average Bonchev–Trinajstić information content (AvgIpc) is 2.38. The smallest absolute Gasteiger partial charge is 0.309 e. The summed E-state index contributed by atoms with van der Waals surface area (Å²) in [5, 5.41) is 13.9. The molecule has 0 aromatic heterocycles. The molecule has 3 N–H and O–H groups in total. The van der Waals surface area contributed by atoms with Gasteiger partial charge in [-0.25, -0.2) is 0 Å². The van der Waals surface area contributed by atoms with E-state index in [1.165, 1.54) is 0 Å². The zero-order chi connectivity index (χ0) is 15.2. The average molecular weight is 284 g/mol. The molecule has 0 unspecified atom stereocenters. The summed E-state index contributed by atoms with van der Waals surface area (Å²) in [6.07, 6.45) is 4.55. The Labute approximate surface area is 121 Å². The molecule has 1 saturated carbocycles. The molecule has 20 heavy (non-hydrogen) atoms. The van der Waals surface area contributed by atoms with Crippen molar-refractivity contribution in [3.05, 3.63) is 0 Å². The molecule has 0 spiro atoms. The topological polar surface area (TPSA) is 78.4 Å². The molecule has 1 aliphatic carbocycles. The van der Waals surface area contributed by atoms with Crippen LogP contribution in [0.4, 0.5) is 0 Å². The van der Waals surface area contributed by atoms with Gasteiger partial charge in [0.05, 0.1) is 0 Å². The van der Waals surface area contributed by atoms with Crippen molar-refractivity contribution < 1.29 is 14.7 Å². The van der Waals surface area contributed by atoms with Gasteiger partial charge in [-0.3, -0.25) is 9.59 Å². The third-order valence-corrected chi connectivity index (χ3v) is 4.11. The Morgan fingerprint density at radius 1 is 1.10 bits per heavy atom. The van der Waals surface area contributed by atoms with Gasteiger partial charge in [0.25, 0.3) is 0 Å². The van der Waals surface area contributed by atoms with E-state index in [-0.39, 0.29) is 12.6 Å². The Hall–Kier alpha value is -1.10. The van der Waals surface area contributed by atoms with E-state index < -0.39 is 11.8 Å². The first-order valence-corrected chi connectivity index (χ1v) is 7.54. The summed E-state index contributed by atoms with van der Waals surface area (Å²) >= 11 is 0. The van der Waals surface area contributed by atoms with E-state index in [1.54, 1.807) is 0 Å². The van der Waals surface area contributed by atoms with E-state index in [0.29, 0.717) is 24.3 Å². The molecule has 1 rings (SSSR count). The molecular weight excluding hydrogens is 256 g/mol. The van der Waals surface area contributed by atoms with Crippen LogP contribution in [0, 0.1) is 11.3 Å². The second kappa shape index (κ2) is 7.62. The first-order chi connectivity index (χ1) is 9.34. The highest BCUT2D eigenvalue weighted by atomic mass is 16.3. The minimum Gasteiger partial charge on any atom is -0.396 e. The molecule has 2 amide bonds. The van der Waals surface area contributed by atoms with Crippen molar-refractivity contribution >= 4 is 11.8 Å². The van der Waals surface area contributed by atoms with E-state index in [2.05, 4.69) is 31.4 Å². The fourth-order valence-electron chi connectivity index (χ4n) is 2.72. The van der Waals surface area contributed by atoms with Crippen molar-refractivity contribution in [1.29, 1.82) is 0 Å². The lowest BCUT2D eigenvalue weighted by Gasteiger charge is -2.37. The quantitative estimate of drug-likeness (QED) is 0.536. The molecular formula is C15H28N2O3. The number of carbonyl (C=O) groups is 2. The van der Waals surface area contributed by atoms with E-state index in [4.69, 9.17) is 5.11 Å². The monoisotopic (exact) mass is 284 g/mol. The first-order valence-electron chi connectivity index (χ1n) is 7.54. The van der Waals surface area contributed by atoms with Crippen molar-refractivity contribution in [2.75, 3.05) is 13.2 Å². The Balaban J connectivity index is 2.29. The Bertz CT molecular complexity index is 329. The van der Waals surface area contributed by atoms with Gasteiger partial charge in [0, 0.05) is 19.2 Å². The molecule has 0 aromatic carbocycles. The molecule has 5 nitrogen and oxygen atoms in total. The molecule has 0 radical (unpaired) electrons. The van der Waals surface area contributed by atoms with Gasteiger partial charge in [-0.2, -0.15) is 0 Å². The molecule has 116 valence electrons.